The molecule has 0 radical (unpaired) electrons. The van der Waals surface area contributed by atoms with E-state index in [4.69, 9.17) is 4.42 Å². The van der Waals surface area contributed by atoms with Gasteiger partial charge in [0, 0.05) is 43.1 Å². The Morgan fingerprint density at radius 1 is 0.302 bits per heavy atom. The molecule has 0 spiro atoms. The van der Waals surface area contributed by atoms with Crippen LogP contribution in [0.2, 0.25) is 0 Å². The number of hydrogen-bond donors (Lipinski definition) is 0. The molecule has 0 amide bonds. The third-order valence-electron chi connectivity index (χ3n) is 11.8. The van der Waals surface area contributed by atoms with Crippen molar-refractivity contribution in [2.45, 2.75) is 0 Å². The van der Waals surface area contributed by atoms with Crippen molar-refractivity contribution in [2.24, 2.45) is 0 Å². The van der Waals surface area contributed by atoms with Gasteiger partial charge in [0.25, 0.3) is 0 Å². The van der Waals surface area contributed by atoms with Crippen molar-refractivity contribution in [2.75, 3.05) is 0 Å². The minimum Gasteiger partial charge on any atom is -0.456 e. The molecule has 53 heavy (non-hydrogen) atoms. The molecular weight excluding hydrogens is 645 g/mol. The van der Waals surface area contributed by atoms with Crippen molar-refractivity contribution in [3.8, 4) is 33.6 Å². The Bertz CT molecular complexity index is 3540. The Labute approximate surface area is 303 Å². The summed E-state index contributed by atoms with van der Waals surface area (Å²) in [6.07, 6.45) is 0. The molecular formula is C50H28N2O. The van der Waals surface area contributed by atoms with Gasteiger partial charge in [-0.1, -0.05) is 127 Å². The van der Waals surface area contributed by atoms with Gasteiger partial charge in [-0.3, -0.25) is 0 Å². The van der Waals surface area contributed by atoms with Crippen LogP contribution >= 0.6 is 0 Å². The molecule has 244 valence electrons. The highest BCUT2D eigenvalue weighted by atomic mass is 16.3. The number of aromatic nitrogens is 2. The highest BCUT2D eigenvalue weighted by Crippen LogP contribution is 2.51. The van der Waals surface area contributed by atoms with Gasteiger partial charge in [-0.2, -0.15) is 0 Å². The van der Waals surface area contributed by atoms with Crippen LogP contribution in [-0.2, 0) is 0 Å². The molecule has 0 bridgehead atoms. The number of para-hydroxylation sites is 2. The Kier molecular flexibility index (Phi) is 5.11. The maximum Gasteiger partial charge on any atom is 0.136 e. The first-order valence-electron chi connectivity index (χ1n) is 18.3. The van der Waals surface area contributed by atoms with Crippen LogP contribution < -0.4 is 0 Å². The van der Waals surface area contributed by atoms with E-state index in [2.05, 4.69) is 179 Å². The van der Waals surface area contributed by atoms with Gasteiger partial charge in [-0.05, 0) is 75.5 Å². The molecule has 0 fully saturated rings. The number of furan rings is 1. The summed E-state index contributed by atoms with van der Waals surface area (Å²) in [5.74, 6) is 0. The fraction of sp³-hybridized carbons (Fsp3) is 0. The van der Waals surface area contributed by atoms with Gasteiger partial charge >= 0.3 is 0 Å². The van der Waals surface area contributed by atoms with Crippen LogP contribution in [0.5, 0.6) is 0 Å². The SMILES string of the molecule is c1ccc2c(c1)-c1cccc3c(-n4c5ccc6oc7ccccc7c6c5c5ccc6c(c7ccccc7n6-c6cccc7ccccc67)c54)ccc-2c13. The molecule has 9 aromatic carbocycles. The van der Waals surface area contributed by atoms with E-state index in [9.17, 15) is 0 Å². The monoisotopic (exact) mass is 672 g/mol. The zero-order valence-electron chi connectivity index (χ0n) is 28.5. The van der Waals surface area contributed by atoms with Crippen LogP contribution in [0, 0.1) is 0 Å². The van der Waals surface area contributed by atoms with Crippen molar-refractivity contribution in [1.82, 2.24) is 9.13 Å². The molecule has 0 aliphatic heterocycles. The lowest BCUT2D eigenvalue weighted by atomic mass is 10.0. The Balaban J connectivity index is 1.27. The van der Waals surface area contributed by atoms with Crippen LogP contribution in [0.15, 0.2) is 174 Å². The summed E-state index contributed by atoms with van der Waals surface area (Å²) in [4.78, 5) is 0. The van der Waals surface area contributed by atoms with Crippen LogP contribution in [0.25, 0.3) is 121 Å². The second-order valence-electron chi connectivity index (χ2n) is 14.4. The molecule has 0 N–H and O–H groups in total. The molecule has 12 aromatic rings. The maximum absolute atomic E-state index is 6.52. The quantitative estimate of drug-likeness (QED) is 0.179. The molecule has 1 aliphatic carbocycles. The first-order chi connectivity index (χ1) is 26.3. The van der Waals surface area contributed by atoms with E-state index in [1.54, 1.807) is 0 Å². The maximum atomic E-state index is 6.52. The summed E-state index contributed by atoms with van der Waals surface area (Å²) in [5.41, 5.74) is 14.2. The van der Waals surface area contributed by atoms with Gasteiger partial charge in [0.2, 0.25) is 0 Å². The van der Waals surface area contributed by atoms with Crippen LogP contribution in [0.3, 0.4) is 0 Å². The van der Waals surface area contributed by atoms with Crippen molar-refractivity contribution >= 4 is 87.1 Å². The molecule has 3 aromatic heterocycles. The molecule has 0 saturated carbocycles. The molecule has 0 atom stereocenters. The second kappa shape index (κ2) is 9.81. The van der Waals surface area contributed by atoms with Crippen LogP contribution in [0.1, 0.15) is 0 Å². The average molecular weight is 673 g/mol. The van der Waals surface area contributed by atoms with Crippen LogP contribution in [-0.4, -0.2) is 9.13 Å². The van der Waals surface area contributed by atoms with Gasteiger partial charge in [0.15, 0.2) is 0 Å². The summed E-state index contributed by atoms with van der Waals surface area (Å²) in [7, 11) is 0. The largest absolute Gasteiger partial charge is 0.456 e. The summed E-state index contributed by atoms with van der Waals surface area (Å²) in [6.45, 7) is 0. The van der Waals surface area contributed by atoms with Crippen LogP contribution in [0.4, 0.5) is 0 Å². The highest BCUT2D eigenvalue weighted by Gasteiger charge is 2.27. The molecule has 0 unspecified atom stereocenters. The predicted octanol–water partition coefficient (Wildman–Crippen LogP) is 13.7. The molecule has 13 rings (SSSR count). The fourth-order valence-electron chi connectivity index (χ4n) is 9.76. The van der Waals surface area contributed by atoms with E-state index in [0.29, 0.717) is 0 Å². The summed E-state index contributed by atoms with van der Waals surface area (Å²) < 4.78 is 11.5. The summed E-state index contributed by atoms with van der Waals surface area (Å²) in [5, 5.41) is 12.3. The Hall–Kier alpha value is -7.10. The topological polar surface area (TPSA) is 23.0 Å². The third-order valence-corrected chi connectivity index (χ3v) is 11.8. The normalized spacial score (nSPS) is 12.5. The predicted molar refractivity (Wildman–Crippen MR) is 222 cm³/mol. The average Bonchev–Trinajstić information content (AvgIpc) is 3.95. The Morgan fingerprint density at radius 3 is 1.85 bits per heavy atom. The second-order valence-corrected chi connectivity index (χ2v) is 14.4. The zero-order valence-corrected chi connectivity index (χ0v) is 28.5. The molecule has 3 nitrogen and oxygen atoms in total. The fourth-order valence-corrected chi connectivity index (χ4v) is 9.76. The molecule has 1 aliphatic rings. The van der Waals surface area contributed by atoms with Crippen molar-refractivity contribution < 1.29 is 4.42 Å². The standard InChI is InChI=1S/C50H28N2O/c1-2-13-30-29(11-1)12-9-21-39(30)51-40-20-7-5-16-36(40)48-43(51)26-24-38-47-42(27-28-45-49(47)37-17-6-8-22-44(37)53-45)52(50(38)48)41-25-23-34-32-15-4-3-14-31(32)33-18-10-19-35(41)46(33)34/h1-28H. The number of benzene rings is 9. The van der Waals surface area contributed by atoms with Crippen molar-refractivity contribution in [3.63, 3.8) is 0 Å². The molecule has 0 saturated heterocycles. The number of nitrogens with zero attached hydrogens (tertiary/aromatic N) is 2. The van der Waals surface area contributed by atoms with E-state index >= 15 is 0 Å². The van der Waals surface area contributed by atoms with E-state index in [-0.39, 0.29) is 0 Å². The lowest BCUT2D eigenvalue weighted by molar-refractivity contribution is 0.669. The lowest BCUT2D eigenvalue weighted by Gasteiger charge is -2.14. The number of fused-ring (bicyclic) bond motifs is 15. The number of hydrogen-bond acceptors (Lipinski definition) is 1. The van der Waals surface area contributed by atoms with Crippen molar-refractivity contribution in [1.29, 1.82) is 0 Å². The van der Waals surface area contributed by atoms with Gasteiger partial charge in [0.05, 0.1) is 33.4 Å². The lowest BCUT2D eigenvalue weighted by Crippen LogP contribution is -1.97. The minimum atomic E-state index is 0.909. The van der Waals surface area contributed by atoms with E-state index in [0.717, 1.165) is 21.9 Å². The number of rotatable bonds is 2. The van der Waals surface area contributed by atoms with Gasteiger partial charge in [0.1, 0.15) is 11.2 Å². The first kappa shape index (κ1) is 27.6. The summed E-state index contributed by atoms with van der Waals surface area (Å²) >= 11 is 0. The molecule has 3 heterocycles. The highest BCUT2D eigenvalue weighted by molar-refractivity contribution is 6.33. The Morgan fingerprint density at radius 2 is 0.943 bits per heavy atom. The van der Waals surface area contributed by atoms with Gasteiger partial charge in [-0.25, -0.2) is 0 Å². The van der Waals surface area contributed by atoms with E-state index < -0.39 is 0 Å². The van der Waals surface area contributed by atoms with Gasteiger partial charge < -0.3 is 13.6 Å². The molecule has 3 heteroatoms. The van der Waals surface area contributed by atoms with E-state index in [1.165, 1.54) is 98.8 Å². The minimum absolute atomic E-state index is 0.909. The zero-order chi connectivity index (χ0) is 34.4. The summed E-state index contributed by atoms with van der Waals surface area (Å²) in [6, 6.07) is 62.2. The first-order valence-corrected chi connectivity index (χ1v) is 18.3. The smallest absolute Gasteiger partial charge is 0.136 e. The van der Waals surface area contributed by atoms with E-state index in [1.807, 2.05) is 0 Å². The van der Waals surface area contributed by atoms with Gasteiger partial charge in [-0.15, -0.1) is 0 Å². The third kappa shape index (κ3) is 3.40. The van der Waals surface area contributed by atoms with Crippen molar-refractivity contribution in [3.05, 3.63) is 170 Å².